The number of likely N-dealkylation sites (tertiary alicyclic amines) is 1. The molecule has 6 rings (SSSR count). The number of carbonyl (C=O) groups is 1. The average Bonchev–Trinajstić information content (AvgIpc) is 3.29. The normalized spacial score (nSPS) is 16.7. The lowest BCUT2D eigenvalue weighted by molar-refractivity contribution is -0.119. The number of hydrogen-bond donors (Lipinski definition) is 0. The predicted octanol–water partition coefficient (Wildman–Crippen LogP) is 6.96. The molecule has 12 heteroatoms. The number of amides is 1. The van der Waals surface area contributed by atoms with Crippen LogP contribution in [-0.4, -0.2) is 53.0 Å². The van der Waals surface area contributed by atoms with Crippen molar-refractivity contribution in [1.29, 1.82) is 0 Å². The highest BCUT2D eigenvalue weighted by Crippen LogP contribution is 2.30. The number of aryl methyl sites for hydroxylation is 1. The fraction of sp³-hybridized carbons (Fsp3) is 0.361. The number of carbonyl (C=O) groups excluding carboxylic acids is 1. The van der Waals surface area contributed by atoms with Crippen LogP contribution in [0.15, 0.2) is 64.2 Å². The van der Waals surface area contributed by atoms with Gasteiger partial charge < -0.3 is 9.64 Å². The van der Waals surface area contributed by atoms with Crippen molar-refractivity contribution in [2.75, 3.05) is 26.4 Å². The summed E-state index contributed by atoms with van der Waals surface area (Å²) in [5.41, 5.74) is 2.72. The van der Waals surface area contributed by atoms with E-state index in [9.17, 15) is 23.2 Å². The van der Waals surface area contributed by atoms with Crippen LogP contribution in [0.3, 0.4) is 0 Å². The van der Waals surface area contributed by atoms with Gasteiger partial charge in [-0.15, -0.1) is 0 Å². The maximum atomic E-state index is 15.2. The molecular weight excluding hydrogens is 666 g/mol. The zero-order valence-corrected chi connectivity index (χ0v) is 27.5. The van der Waals surface area contributed by atoms with Crippen LogP contribution in [0.4, 0.5) is 13.2 Å². The Bertz CT molecular complexity index is 1980. The van der Waals surface area contributed by atoms with Gasteiger partial charge in [-0.2, -0.15) is 0 Å². The van der Waals surface area contributed by atoms with E-state index in [0.717, 1.165) is 64.6 Å². The summed E-state index contributed by atoms with van der Waals surface area (Å²) in [6, 6.07) is 13.2. The first kappa shape index (κ1) is 33.9. The Labute approximate surface area is 285 Å². The molecule has 1 fully saturated rings. The third-order valence-corrected chi connectivity index (χ3v) is 9.98. The van der Waals surface area contributed by atoms with E-state index in [0.29, 0.717) is 36.0 Å². The van der Waals surface area contributed by atoms with E-state index in [2.05, 4.69) is 12.2 Å². The average molecular weight is 701 g/mol. The van der Waals surface area contributed by atoms with Gasteiger partial charge in [-0.1, -0.05) is 53.6 Å². The van der Waals surface area contributed by atoms with Gasteiger partial charge in [0.05, 0.1) is 27.5 Å². The molecule has 0 bridgehead atoms. The van der Waals surface area contributed by atoms with E-state index in [1.54, 1.807) is 11.0 Å². The van der Waals surface area contributed by atoms with E-state index in [4.69, 9.17) is 27.9 Å². The summed E-state index contributed by atoms with van der Waals surface area (Å²) in [4.78, 5) is 40.9. The summed E-state index contributed by atoms with van der Waals surface area (Å²) < 4.78 is 49.5. The molecule has 1 aliphatic carbocycles. The molecule has 48 heavy (non-hydrogen) atoms. The third kappa shape index (κ3) is 7.05. The number of rotatable bonds is 10. The minimum Gasteiger partial charge on any atom is -0.482 e. The molecule has 0 saturated carbocycles. The molecule has 0 spiro atoms. The molecule has 1 aliphatic heterocycles. The summed E-state index contributed by atoms with van der Waals surface area (Å²) in [5.74, 6) is -1.15. The maximum Gasteiger partial charge on any atom is 0.332 e. The molecule has 0 radical (unpaired) electrons. The first-order valence-electron chi connectivity index (χ1n) is 15.9. The Morgan fingerprint density at radius 2 is 1.69 bits per heavy atom. The maximum absolute atomic E-state index is 15.2. The van der Waals surface area contributed by atoms with Crippen molar-refractivity contribution >= 4 is 46.6 Å². The number of halogens is 5. The minimum absolute atomic E-state index is 0.0138. The number of nitrogens with zero attached hydrogens (tertiary/aromatic N) is 3. The van der Waals surface area contributed by atoms with Crippen molar-refractivity contribution in [1.82, 2.24) is 14.0 Å². The number of piperidine rings is 1. The number of alkyl halides is 2. The Morgan fingerprint density at radius 1 is 0.938 bits per heavy atom. The number of fused-ring (bicyclic) bond motifs is 2. The van der Waals surface area contributed by atoms with Crippen LogP contribution in [0.25, 0.3) is 17.0 Å². The zero-order valence-electron chi connectivity index (χ0n) is 26.0. The van der Waals surface area contributed by atoms with E-state index >= 15 is 4.39 Å². The molecule has 0 N–H and O–H groups in total. The summed E-state index contributed by atoms with van der Waals surface area (Å²) in [7, 11) is 0. The van der Waals surface area contributed by atoms with Gasteiger partial charge in [0.1, 0.15) is 13.3 Å². The van der Waals surface area contributed by atoms with Gasteiger partial charge in [0, 0.05) is 25.2 Å². The van der Waals surface area contributed by atoms with Crippen LogP contribution in [0.2, 0.25) is 10.0 Å². The summed E-state index contributed by atoms with van der Waals surface area (Å²) >= 11 is 12.3. The van der Waals surface area contributed by atoms with Gasteiger partial charge in [0.25, 0.3) is 5.56 Å². The molecule has 1 unspecified atom stereocenters. The van der Waals surface area contributed by atoms with Gasteiger partial charge in [-0.3, -0.25) is 18.7 Å². The molecule has 2 heterocycles. The molecule has 1 atom stereocenters. The Hall–Kier alpha value is -4.02. The monoisotopic (exact) mass is 699 g/mol. The molecule has 4 aromatic rings. The molecule has 1 saturated heterocycles. The lowest BCUT2D eigenvalue weighted by Gasteiger charge is -2.31. The van der Waals surface area contributed by atoms with Crippen LogP contribution >= 0.6 is 23.2 Å². The van der Waals surface area contributed by atoms with Crippen LogP contribution in [0.5, 0.6) is 5.75 Å². The number of allylic oxidation sites excluding steroid dienone is 1. The Kier molecular flexibility index (Phi) is 10.3. The van der Waals surface area contributed by atoms with Crippen LogP contribution < -0.4 is 16.0 Å². The Morgan fingerprint density at radius 3 is 2.40 bits per heavy atom. The first-order chi connectivity index (χ1) is 23.2. The summed E-state index contributed by atoms with van der Waals surface area (Å²) in [6.07, 6.45) is 6.85. The van der Waals surface area contributed by atoms with Crippen LogP contribution in [0.1, 0.15) is 47.6 Å². The molecule has 7 nitrogen and oxygen atoms in total. The Balaban J connectivity index is 1.36. The first-order valence-corrected chi connectivity index (χ1v) is 16.6. The minimum atomic E-state index is -1.53. The van der Waals surface area contributed by atoms with Crippen LogP contribution in [-0.2, 0) is 24.2 Å². The lowest BCUT2D eigenvalue weighted by atomic mass is 9.94. The third-order valence-electron chi connectivity index (χ3n) is 9.24. The molecule has 3 aromatic carbocycles. The highest BCUT2D eigenvalue weighted by molar-refractivity contribution is 6.42. The number of benzene rings is 3. The van der Waals surface area contributed by atoms with Crippen molar-refractivity contribution < 1.29 is 22.7 Å². The molecule has 1 aromatic heterocycles. The number of hydrogen-bond acceptors (Lipinski definition) is 4. The summed E-state index contributed by atoms with van der Waals surface area (Å²) in [6.45, 7) is -1.64. The number of ether oxygens (including phenoxy) is 1. The van der Waals surface area contributed by atoms with E-state index in [-0.39, 0.29) is 23.4 Å². The highest BCUT2D eigenvalue weighted by Gasteiger charge is 2.26. The van der Waals surface area contributed by atoms with Crippen molar-refractivity contribution in [3.63, 3.8) is 0 Å². The molecule has 2 aliphatic rings. The lowest BCUT2D eigenvalue weighted by Crippen LogP contribution is -2.44. The quantitative estimate of drug-likeness (QED) is 0.168. The smallest absolute Gasteiger partial charge is 0.332 e. The van der Waals surface area contributed by atoms with Crippen molar-refractivity contribution in [2.45, 2.75) is 50.8 Å². The molecule has 252 valence electrons. The SMILES string of the molecule is O=CN1CCC(n2c(=O)n(Cc3ccc4c(c3)C=CC(Cc3ccc(Cl)c(Cl)c3)CC4)c(=O)c3cc(OC(CF)CF)c(F)cc32)CC1. The number of aromatic nitrogens is 2. The highest BCUT2D eigenvalue weighted by atomic mass is 35.5. The standard InChI is InChI=1S/C36H34Cl2F3N3O4/c37-30-8-4-23(15-31(30)38)13-22-1-5-25-6-3-24(14-26(25)7-2-22)20-43-35(46)29-16-34(48-28(18-39)19-40)32(41)17-33(29)44(36(43)47)27-9-11-42(21-45)12-10-27/h2-4,6-8,14-17,21-22,27-28H,1,5,9-13,18-20H2. The fourth-order valence-corrected chi connectivity index (χ4v) is 6.94. The van der Waals surface area contributed by atoms with Crippen LogP contribution in [0, 0.1) is 11.7 Å². The summed E-state index contributed by atoms with van der Waals surface area (Å²) in [5, 5.41) is 1.02. The van der Waals surface area contributed by atoms with Crippen molar-refractivity contribution in [3.8, 4) is 5.75 Å². The van der Waals surface area contributed by atoms with Gasteiger partial charge in [0.2, 0.25) is 6.41 Å². The molecular formula is C36H34Cl2F3N3O4. The second kappa shape index (κ2) is 14.6. The molecule has 1 amide bonds. The zero-order chi connectivity index (χ0) is 33.9. The van der Waals surface area contributed by atoms with Gasteiger partial charge in [0.15, 0.2) is 17.7 Å². The second-order valence-corrected chi connectivity index (χ2v) is 13.2. The van der Waals surface area contributed by atoms with Gasteiger partial charge >= 0.3 is 5.69 Å². The second-order valence-electron chi connectivity index (χ2n) is 12.4. The van der Waals surface area contributed by atoms with Crippen molar-refractivity contribution in [2.24, 2.45) is 5.92 Å². The van der Waals surface area contributed by atoms with Gasteiger partial charge in [-0.05, 0) is 84.5 Å². The van der Waals surface area contributed by atoms with E-state index in [1.165, 1.54) is 4.57 Å². The topological polar surface area (TPSA) is 73.5 Å². The van der Waals surface area contributed by atoms with E-state index in [1.807, 2.05) is 30.3 Å². The predicted molar refractivity (Wildman–Crippen MR) is 181 cm³/mol. The van der Waals surface area contributed by atoms with Crippen molar-refractivity contribution in [3.05, 3.63) is 114 Å². The van der Waals surface area contributed by atoms with Gasteiger partial charge in [-0.25, -0.2) is 18.0 Å². The fourth-order valence-electron chi connectivity index (χ4n) is 6.62. The van der Waals surface area contributed by atoms with E-state index < -0.39 is 48.3 Å². The largest absolute Gasteiger partial charge is 0.482 e.